The lowest BCUT2D eigenvalue weighted by atomic mass is 9.86. The van der Waals surface area contributed by atoms with E-state index in [2.05, 4.69) is 98.0 Å². The molecule has 4 rings (SSSR count). The summed E-state index contributed by atoms with van der Waals surface area (Å²) in [5.41, 5.74) is 4.24. The van der Waals surface area contributed by atoms with Crippen LogP contribution in [0.5, 0.6) is 0 Å². The van der Waals surface area contributed by atoms with E-state index in [1.165, 1.54) is 38.5 Å². The zero-order chi connectivity index (χ0) is 59.2. The highest BCUT2D eigenvalue weighted by atomic mass is 35.5. The van der Waals surface area contributed by atoms with Crippen molar-refractivity contribution in [3.63, 3.8) is 0 Å². The molecule has 11 nitrogen and oxygen atoms in total. The number of ether oxygens (including phenoxy) is 2. The molecule has 4 amide bonds. The number of amides is 4. The molecular formula is C69H99Cl2N5O6. The fourth-order valence-corrected chi connectivity index (χ4v) is 10.5. The SMILES string of the molecule is C=C(C)[C@@H]1CC=C(COC(=O)N(C(=O)CCCCCCCC/C=C\C/C=C\CCCCC)c2nnc(-c3cccc(Cl)c3Cl)c(N(C(=O)CCCCCCCC/C=C\C/C=C\CCCCC)C(=O)OCC3=CC[C@@H](C(=C)C)CC3)n2)CC1. The van der Waals surface area contributed by atoms with E-state index in [0.717, 1.165) is 161 Å². The zero-order valence-electron chi connectivity index (χ0n) is 50.6. The van der Waals surface area contributed by atoms with E-state index < -0.39 is 29.9 Å². The smallest absolute Gasteiger partial charge is 0.424 e. The molecule has 450 valence electrons. The number of rotatable bonds is 39. The Morgan fingerprint density at radius 2 is 1.00 bits per heavy atom. The molecule has 13 heteroatoms. The predicted molar refractivity (Wildman–Crippen MR) is 341 cm³/mol. The molecule has 1 heterocycles. The van der Waals surface area contributed by atoms with E-state index in [4.69, 9.17) is 37.7 Å². The summed E-state index contributed by atoms with van der Waals surface area (Å²) >= 11 is 13.4. The Morgan fingerprint density at radius 1 is 0.573 bits per heavy atom. The summed E-state index contributed by atoms with van der Waals surface area (Å²) in [6.45, 7) is 16.7. The van der Waals surface area contributed by atoms with Crippen LogP contribution in [0.4, 0.5) is 21.4 Å². The number of imide groups is 2. The van der Waals surface area contributed by atoms with Crippen molar-refractivity contribution < 1.29 is 28.7 Å². The van der Waals surface area contributed by atoms with Crippen LogP contribution in [0, 0.1) is 11.8 Å². The first-order valence-corrected chi connectivity index (χ1v) is 32.1. The van der Waals surface area contributed by atoms with Gasteiger partial charge in [0.05, 0.1) is 10.0 Å². The van der Waals surface area contributed by atoms with Crippen molar-refractivity contribution in [3.05, 3.63) is 124 Å². The van der Waals surface area contributed by atoms with Crippen molar-refractivity contribution in [1.29, 1.82) is 0 Å². The van der Waals surface area contributed by atoms with Crippen LogP contribution in [0.3, 0.4) is 0 Å². The van der Waals surface area contributed by atoms with E-state index in [0.29, 0.717) is 37.5 Å². The Bertz CT molecular complexity index is 2490. The number of benzene rings is 1. The number of unbranched alkanes of at least 4 members (excludes halogenated alkanes) is 18. The molecule has 0 radical (unpaired) electrons. The van der Waals surface area contributed by atoms with Crippen molar-refractivity contribution in [3.8, 4) is 11.3 Å². The third-order valence-electron chi connectivity index (χ3n) is 15.5. The third-order valence-corrected chi connectivity index (χ3v) is 16.3. The number of halogens is 2. The first-order valence-electron chi connectivity index (χ1n) is 31.3. The van der Waals surface area contributed by atoms with Crippen LogP contribution in [0.1, 0.15) is 233 Å². The molecule has 1 aromatic carbocycles. The van der Waals surface area contributed by atoms with Gasteiger partial charge in [0.25, 0.3) is 5.95 Å². The Kier molecular flexibility index (Phi) is 35.0. The van der Waals surface area contributed by atoms with Crippen LogP contribution in [0.25, 0.3) is 11.3 Å². The zero-order valence-corrected chi connectivity index (χ0v) is 52.1. The monoisotopic (exact) mass is 1160 g/mol. The third kappa shape index (κ3) is 26.5. The lowest BCUT2D eigenvalue weighted by Gasteiger charge is -2.26. The molecule has 0 spiro atoms. The molecular weight excluding hydrogens is 1070 g/mol. The number of hydrogen-bond acceptors (Lipinski definition) is 9. The van der Waals surface area contributed by atoms with Crippen LogP contribution in [0.15, 0.2) is 114 Å². The topological polar surface area (TPSA) is 132 Å². The van der Waals surface area contributed by atoms with Gasteiger partial charge in [-0.1, -0.05) is 211 Å². The van der Waals surface area contributed by atoms with Gasteiger partial charge in [0.2, 0.25) is 11.8 Å². The van der Waals surface area contributed by atoms with Gasteiger partial charge in [-0.05, 0) is 158 Å². The lowest BCUT2D eigenvalue weighted by Crippen LogP contribution is -2.42. The highest BCUT2D eigenvalue weighted by Crippen LogP contribution is 2.38. The maximum Gasteiger partial charge on any atom is 0.424 e. The highest BCUT2D eigenvalue weighted by molar-refractivity contribution is 6.43. The van der Waals surface area contributed by atoms with Gasteiger partial charge in [-0.3, -0.25) is 9.59 Å². The lowest BCUT2D eigenvalue weighted by molar-refractivity contribution is -0.119. The molecule has 2 atom stereocenters. The maximum atomic E-state index is 14.8. The van der Waals surface area contributed by atoms with E-state index in [1.807, 2.05) is 13.8 Å². The summed E-state index contributed by atoms with van der Waals surface area (Å²) in [7, 11) is 0. The molecule has 1 aromatic heterocycles. The van der Waals surface area contributed by atoms with Gasteiger partial charge in [0.15, 0.2) is 5.82 Å². The van der Waals surface area contributed by atoms with Crippen molar-refractivity contribution in [2.24, 2.45) is 11.8 Å². The maximum absolute atomic E-state index is 14.8. The number of carbonyl (C=O) groups excluding carboxylic acids is 4. The summed E-state index contributed by atoms with van der Waals surface area (Å²) in [6, 6.07) is 4.89. The second kappa shape index (κ2) is 41.6. The second-order valence-corrected chi connectivity index (χ2v) is 23.3. The first kappa shape index (κ1) is 69.1. The van der Waals surface area contributed by atoms with Gasteiger partial charge < -0.3 is 9.47 Å². The van der Waals surface area contributed by atoms with Crippen molar-refractivity contribution in [1.82, 2.24) is 15.2 Å². The fraction of sp³-hybridized carbons (Fsp3) is 0.580. The Balaban J connectivity index is 1.57. The van der Waals surface area contributed by atoms with Gasteiger partial charge in [-0.2, -0.15) is 14.8 Å². The average Bonchev–Trinajstić information content (AvgIpc) is 3.25. The van der Waals surface area contributed by atoms with Gasteiger partial charge in [-0.15, -0.1) is 10.2 Å². The molecule has 82 heavy (non-hydrogen) atoms. The normalized spacial score (nSPS) is 15.5. The van der Waals surface area contributed by atoms with Crippen molar-refractivity contribution in [2.45, 2.75) is 233 Å². The molecule has 0 saturated carbocycles. The van der Waals surface area contributed by atoms with E-state index in [9.17, 15) is 19.2 Å². The summed E-state index contributed by atoms with van der Waals surface area (Å²) < 4.78 is 11.9. The van der Waals surface area contributed by atoms with Crippen molar-refractivity contribution >= 4 is 59.0 Å². The molecule has 0 saturated heterocycles. The Hall–Kier alpha value is -5.39. The number of carbonyl (C=O) groups is 4. The predicted octanol–water partition coefficient (Wildman–Crippen LogP) is 20.8. The Labute approximate surface area is 503 Å². The molecule has 2 aromatic rings. The molecule has 2 aliphatic carbocycles. The number of aromatic nitrogens is 3. The van der Waals surface area contributed by atoms with Crippen LogP contribution >= 0.6 is 23.2 Å². The summed E-state index contributed by atoms with van der Waals surface area (Å²) in [5.74, 6) is -1.26. The number of allylic oxidation sites excluding steroid dienone is 12. The average molecular weight is 1170 g/mol. The molecule has 0 bridgehead atoms. The summed E-state index contributed by atoms with van der Waals surface area (Å²) in [6.07, 6.45) is 49.5. The first-order chi connectivity index (χ1) is 39.9. The van der Waals surface area contributed by atoms with Gasteiger partial charge in [0.1, 0.15) is 18.9 Å². The van der Waals surface area contributed by atoms with Gasteiger partial charge in [-0.25, -0.2) is 9.59 Å². The number of hydrogen-bond donors (Lipinski definition) is 0. The quantitative estimate of drug-likeness (QED) is 0.0474. The summed E-state index contributed by atoms with van der Waals surface area (Å²) in [5, 5.41) is 9.15. The van der Waals surface area contributed by atoms with Crippen LogP contribution in [-0.4, -0.2) is 52.4 Å². The van der Waals surface area contributed by atoms with Crippen LogP contribution in [0.2, 0.25) is 10.0 Å². The Morgan fingerprint density at radius 3 is 1.44 bits per heavy atom. The number of anilines is 2. The molecule has 0 fully saturated rings. The van der Waals surface area contributed by atoms with Crippen molar-refractivity contribution in [2.75, 3.05) is 23.0 Å². The molecule has 0 N–H and O–H groups in total. The van der Waals surface area contributed by atoms with Crippen LogP contribution < -0.4 is 9.80 Å². The van der Waals surface area contributed by atoms with E-state index in [1.54, 1.807) is 18.2 Å². The van der Waals surface area contributed by atoms with E-state index in [-0.39, 0.29) is 53.2 Å². The van der Waals surface area contributed by atoms with Crippen LogP contribution in [-0.2, 0) is 19.1 Å². The second-order valence-electron chi connectivity index (χ2n) is 22.5. The largest absolute Gasteiger partial charge is 0.444 e. The molecule has 0 aliphatic heterocycles. The standard InChI is InChI=1S/C69H99Cl2N5O6/c1-7-9-11-13-15-17-19-21-23-25-27-29-31-33-35-37-42-62(77)75(68(79)81-52-56-44-48-58(49-45-56)54(3)4)66-65(60-40-39-41-61(70)64(60)71)73-74-67(72-66)76(69(80)82-53-57-46-50-59(51-47-57)55(5)6)63(78)43-38-36-34-32-30-28-26-24-22-20-18-16-14-12-10-8-2/h15-18,21-24,39-41,44,46,58-59H,3,5,7-14,19-20,25-38,42-43,45,47-53H2,1-2,4,6H3/b17-15-,18-16-,23-21-,24-22-/t58-,59-/m1/s1. The van der Waals surface area contributed by atoms with Gasteiger partial charge in [0, 0.05) is 18.4 Å². The summed E-state index contributed by atoms with van der Waals surface area (Å²) in [4.78, 5) is 64.7. The molecule has 2 aliphatic rings. The minimum atomic E-state index is -0.992. The van der Waals surface area contributed by atoms with E-state index >= 15 is 0 Å². The van der Waals surface area contributed by atoms with Gasteiger partial charge >= 0.3 is 12.2 Å². The highest BCUT2D eigenvalue weighted by Gasteiger charge is 2.35. The number of nitrogens with zero attached hydrogens (tertiary/aromatic N) is 5. The minimum Gasteiger partial charge on any atom is -0.444 e. The minimum absolute atomic E-state index is 0.00700. The molecule has 0 unspecified atom stereocenters. The fourth-order valence-electron chi connectivity index (χ4n) is 10.1.